The van der Waals surface area contributed by atoms with Crippen LogP contribution < -0.4 is 4.74 Å². The fourth-order valence-corrected chi connectivity index (χ4v) is 3.84. The largest absolute Gasteiger partial charge is 0.423 e. The Morgan fingerprint density at radius 1 is 0.897 bits per heavy atom. The van der Waals surface area contributed by atoms with Crippen molar-refractivity contribution in [3.63, 3.8) is 0 Å². The van der Waals surface area contributed by atoms with E-state index in [4.69, 9.17) is 4.74 Å². The molecule has 0 fully saturated rings. The molecule has 0 saturated carbocycles. The highest BCUT2D eigenvalue weighted by Crippen LogP contribution is 2.35. The highest BCUT2D eigenvalue weighted by molar-refractivity contribution is 5.78. The number of halogens is 3. The van der Waals surface area contributed by atoms with Gasteiger partial charge in [0.05, 0.1) is 5.92 Å². The number of hydrogen-bond donors (Lipinski definition) is 0. The van der Waals surface area contributed by atoms with Gasteiger partial charge in [-0.2, -0.15) is 0 Å². The summed E-state index contributed by atoms with van der Waals surface area (Å²) in [7, 11) is 0. The number of ether oxygens (including phenoxy) is 1. The highest BCUT2D eigenvalue weighted by Gasteiger charge is 2.31. The Morgan fingerprint density at radius 2 is 1.55 bits per heavy atom. The van der Waals surface area contributed by atoms with Gasteiger partial charge in [-0.15, -0.1) is 0 Å². The lowest BCUT2D eigenvalue weighted by Crippen LogP contribution is -2.29. The number of esters is 1. The number of aryl methyl sites for hydroxylation is 3. The topological polar surface area (TPSA) is 26.3 Å². The molecule has 1 unspecified atom stereocenters. The van der Waals surface area contributed by atoms with Crippen molar-refractivity contribution < 1.29 is 22.7 Å². The van der Waals surface area contributed by atoms with Gasteiger partial charge in [0.15, 0.2) is 23.2 Å². The molecule has 2 aromatic rings. The summed E-state index contributed by atoms with van der Waals surface area (Å²) in [5.74, 6) is -3.09. The van der Waals surface area contributed by atoms with E-state index in [1.54, 1.807) is 25.1 Å². The second-order valence-electron chi connectivity index (χ2n) is 7.71. The summed E-state index contributed by atoms with van der Waals surface area (Å²) in [5, 5.41) is 0. The molecule has 0 bridgehead atoms. The molecule has 0 N–H and O–H groups in total. The number of carbonyl (C=O) groups excluding carboxylic acids is 1. The van der Waals surface area contributed by atoms with Crippen molar-refractivity contribution >= 4 is 5.97 Å². The predicted molar refractivity (Wildman–Crippen MR) is 107 cm³/mol. The second-order valence-corrected chi connectivity index (χ2v) is 7.71. The van der Waals surface area contributed by atoms with Gasteiger partial charge < -0.3 is 4.74 Å². The number of fused-ring (bicyclic) bond motifs is 1. The lowest BCUT2D eigenvalue weighted by molar-refractivity contribution is -0.140. The van der Waals surface area contributed by atoms with Gasteiger partial charge in [-0.3, -0.25) is 4.79 Å². The van der Waals surface area contributed by atoms with E-state index in [1.165, 1.54) is 0 Å². The van der Waals surface area contributed by atoms with E-state index >= 15 is 0 Å². The van der Waals surface area contributed by atoms with Crippen LogP contribution in [0.25, 0.3) is 0 Å². The molecule has 1 aliphatic heterocycles. The molecule has 0 radical (unpaired) electrons. The van der Waals surface area contributed by atoms with Crippen LogP contribution in [0, 0.1) is 23.4 Å². The molecule has 0 aromatic heterocycles. The van der Waals surface area contributed by atoms with Crippen molar-refractivity contribution in [2.24, 2.45) is 5.92 Å². The average molecular weight is 404 g/mol. The van der Waals surface area contributed by atoms with Crippen molar-refractivity contribution in [1.29, 1.82) is 0 Å². The van der Waals surface area contributed by atoms with E-state index in [0.717, 1.165) is 19.3 Å². The van der Waals surface area contributed by atoms with Crippen molar-refractivity contribution in [3.8, 4) is 5.75 Å². The van der Waals surface area contributed by atoms with Crippen LogP contribution in [0.4, 0.5) is 13.2 Å². The first-order chi connectivity index (χ1) is 14.0. The molecule has 1 heterocycles. The third-order valence-corrected chi connectivity index (χ3v) is 5.70. The molecule has 0 spiro atoms. The van der Waals surface area contributed by atoms with Crippen molar-refractivity contribution in [1.82, 2.24) is 0 Å². The van der Waals surface area contributed by atoms with Gasteiger partial charge in [0.1, 0.15) is 0 Å². The van der Waals surface area contributed by atoms with E-state index in [0.29, 0.717) is 42.4 Å². The molecule has 2 aromatic carbocycles. The van der Waals surface area contributed by atoms with Crippen LogP contribution >= 0.6 is 0 Å². The molecule has 29 heavy (non-hydrogen) atoms. The summed E-state index contributed by atoms with van der Waals surface area (Å²) < 4.78 is 48.3. The standard InChI is InChI=1S/C24H27F3O2/c1-3-5-6-7-16-10-12-18-14-19(24(28)29-23(18)22(16)27)13-11-17-9-8-15(4-2)20(25)21(17)26/h8-10,12,19H,3-7,11,13-14H2,1-2H3. The maximum absolute atomic E-state index is 14.7. The van der Waals surface area contributed by atoms with E-state index < -0.39 is 29.3 Å². The SMILES string of the molecule is CCCCCc1ccc2c(c1F)OC(=O)C(CCc1ccc(CC)c(F)c1F)C2. The quantitative estimate of drug-likeness (QED) is 0.301. The van der Waals surface area contributed by atoms with E-state index in [1.807, 2.05) is 6.07 Å². The first-order valence-corrected chi connectivity index (χ1v) is 10.4. The van der Waals surface area contributed by atoms with Gasteiger partial charge in [-0.05, 0) is 60.8 Å². The van der Waals surface area contributed by atoms with Crippen LogP contribution in [0.3, 0.4) is 0 Å². The number of unbranched alkanes of at least 4 members (excludes halogenated alkanes) is 2. The molecule has 1 atom stereocenters. The molecular weight excluding hydrogens is 377 g/mol. The molecular formula is C24H27F3O2. The van der Waals surface area contributed by atoms with E-state index in [-0.39, 0.29) is 17.7 Å². The third-order valence-electron chi connectivity index (χ3n) is 5.70. The Morgan fingerprint density at radius 3 is 2.28 bits per heavy atom. The fraction of sp³-hybridized carbons (Fsp3) is 0.458. The monoisotopic (exact) mass is 404 g/mol. The van der Waals surface area contributed by atoms with Gasteiger partial charge in [0.2, 0.25) is 0 Å². The normalized spacial score (nSPS) is 15.9. The molecule has 0 aliphatic carbocycles. The van der Waals surface area contributed by atoms with Crippen LogP contribution in [0.2, 0.25) is 0 Å². The molecule has 3 rings (SSSR count). The zero-order valence-electron chi connectivity index (χ0n) is 17.0. The van der Waals surface area contributed by atoms with Crippen LogP contribution in [-0.2, 0) is 30.5 Å². The number of benzene rings is 2. The van der Waals surface area contributed by atoms with Gasteiger partial charge in [-0.25, -0.2) is 13.2 Å². The van der Waals surface area contributed by atoms with Crippen LogP contribution in [-0.4, -0.2) is 5.97 Å². The van der Waals surface area contributed by atoms with Crippen molar-refractivity contribution in [2.75, 3.05) is 0 Å². The molecule has 5 heteroatoms. The Hall–Kier alpha value is -2.30. The number of carbonyl (C=O) groups is 1. The fourth-order valence-electron chi connectivity index (χ4n) is 3.84. The Labute approximate surface area is 170 Å². The molecule has 1 aliphatic rings. The van der Waals surface area contributed by atoms with E-state index in [2.05, 4.69) is 6.92 Å². The predicted octanol–water partition coefficient (Wildman–Crippen LogP) is 6.11. The van der Waals surface area contributed by atoms with Crippen molar-refractivity contribution in [3.05, 3.63) is 64.0 Å². The Balaban J connectivity index is 1.70. The lowest BCUT2D eigenvalue weighted by Gasteiger charge is -2.24. The number of hydrogen-bond acceptors (Lipinski definition) is 2. The molecule has 2 nitrogen and oxygen atoms in total. The summed E-state index contributed by atoms with van der Waals surface area (Å²) in [6, 6.07) is 6.73. The lowest BCUT2D eigenvalue weighted by atomic mass is 9.89. The first-order valence-electron chi connectivity index (χ1n) is 10.4. The van der Waals surface area contributed by atoms with Crippen LogP contribution in [0.15, 0.2) is 24.3 Å². The average Bonchev–Trinajstić information content (AvgIpc) is 2.71. The second kappa shape index (κ2) is 9.47. The molecule has 156 valence electrons. The summed E-state index contributed by atoms with van der Waals surface area (Å²) in [6.07, 6.45) is 4.88. The van der Waals surface area contributed by atoms with Crippen LogP contribution in [0.5, 0.6) is 5.75 Å². The maximum Gasteiger partial charge on any atom is 0.314 e. The summed E-state index contributed by atoms with van der Waals surface area (Å²) in [6.45, 7) is 3.85. The smallest absolute Gasteiger partial charge is 0.314 e. The summed E-state index contributed by atoms with van der Waals surface area (Å²) in [5.41, 5.74) is 1.80. The van der Waals surface area contributed by atoms with Gasteiger partial charge >= 0.3 is 5.97 Å². The Bertz CT molecular complexity index is 892. The zero-order chi connectivity index (χ0) is 21.0. The van der Waals surface area contributed by atoms with E-state index in [9.17, 15) is 18.0 Å². The summed E-state index contributed by atoms with van der Waals surface area (Å²) >= 11 is 0. The maximum atomic E-state index is 14.7. The van der Waals surface area contributed by atoms with Gasteiger partial charge in [-0.1, -0.05) is 51.0 Å². The van der Waals surface area contributed by atoms with Gasteiger partial charge in [0.25, 0.3) is 0 Å². The molecule has 0 amide bonds. The zero-order valence-corrected chi connectivity index (χ0v) is 17.0. The summed E-state index contributed by atoms with van der Waals surface area (Å²) in [4.78, 5) is 12.4. The number of rotatable bonds is 8. The Kier molecular flexibility index (Phi) is 6.99. The van der Waals surface area contributed by atoms with Crippen molar-refractivity contribution in [2.45, 2.75) is 65.2 Å². The molecule has 0 saturated heterocycles. The highest BCUT2D eigenvalue weighted by atomic mass is 19.2. The minimum absolute atomic E-state index is 0.0322. The van der Waals surface area contributed by atoms with Gasteiger partial charge in [0, 0.05) is 0 Å². The third kappa shape index (κ3) is 4.65. The van der Waals surface area contributed by atoms with Crippen LogP contribution in [0.1, 0.15) is 61.8 Å². The first kappa shape index (κ1) is 21.4. The minimum atomic E-state index is -0.850. The minimum Gasteiger partial charge on any atom is -0.423 e.